The molecule has 1 rings (SSSR count). The second-order valence-corrected chi connectivity index (χ2v) is 4.54. The van der Waals surface area contributed by atoms with E-state index in [0.29, 0.717) is 5.92 Å². The Bertz CT molecular complexity index is 338. The minimum atomic E-state index is -0.147. The van der Waals surface area contributed by atoms with E-state index in [1.54, 1.807) is 0 Å². The number of halogens is 1. The van der Waals surface area contributed by atoms with Crippen LogP contribution in [0, 0.1) is 21.8 Å². The summed E-state index contributed by atoms with van der Waals surface area (Å²) in [4.78, 5) is 0. The van der Waals surface area contributed by atoms with E-state index >= 15 is 0 Å². The van der Waals surface area contributed by atoms with E-state index in [2.05, 4.69) is 42.4 Å². The van der Waals surface area contributed by atoms with Gasteiger partial charge >= 0.3 is 0 Å². The fourth-order valence-corrected chi connectivity index (χ4v) is 1.55. The van der Waals surface area contributed by atoms with Crippen molar-refractivity contribution in [2.45, 2.75) is 20.0 Å². The lowest BCUT2D eigenvalue weighted by molar-refractivity contribution is 0.205. The molecule has 0 spiro atoms. The van der Waals surface area contributed by atoms with Crippen molar-refractivity contribution in [1.82, 2.24) is 0 Å². The van der Waals surface area contributed by atoms with E-state index in [4.69, 9.17) is 11.2 Å². The van der Waals surface area contributed by atoms with Crippen molar-refractivity contribution >= 4 is 22.6 Å². The van der Waals surface area contributed by atoms with Crippen LogP contribution in [0.1, 0.15) is 13.8 Å². The van der Waals surface area contributed by atoms with Crippen molar-refractivity contribution < 1.29 is 4.74 Å². The second-order valence-electron chi connectivity index (χ2n) is 3.38. The summed E-state index contributed by atoms with van der Waals surface area (Å²) in [6.45, 7) is 4.11. The molecule has 1 aromatic carbocycles. The van der Waals surface area contributed by atoms with Gasteiger partial charge in [-0.25, -0.2) is 0 Å². The van der Waals surface area contributed by atoms with Crippen molar-refractivity contribution in [3.05, 3.63) is 27.8 Å². The minimum absolute atomic E-state index is 0.147. The maximum Gasteiger partial charge on any atom is 0.161 e. The lowest BCUT2D eigenvalue weighted by Crippen LogP contribution is -2.21. The minimum Gasteiger partial charge on any atom is -0.476 e. The van der Waals surface area contributed by atoms with Gasteiger partial charge in [0.05, 0.1) is 3.57 Å². The van der Waals surface area contributed by atoms with Gasteiger partial charge in [0.2, 0.25) is 0 Å². The lowest BCUT2D eigenvalue weighted by atomic mass is 10.1. The normalized spacial score (nSPS) is 12.2. The van der Waals surface area contributed by atoms with Crippen LogP contribution in [0.3, 0.4) is 0 Å². The molecule has 0 aromatic heterocycles. The van der Waals surface area contributed by atoms with Gasteiger partial charge in [-0.15, -0.1) is 6.42 Å². The van der Waals surface area contributed by atoms with Crippen molar-refractivity contribution in [3.63, 3.8) is 0 Å². The fraction of sp³-hybridized carbons (Fsp3) is 0.333. The Labute approximate surface area is 99.0 Å². The van der Waals surface area contributed by atoms with Gasteiger partial charge < -0.3 is 4.74 Å². The molecule has 0 aliphatic heterocycles. The summed E-state index contributed by atoms with van der Waals surface area (Å²) in [5, 5.41) is 0. The van der Waals surface area contributed by atoms with E-state index in [0.717, 1.165) is 9.32 Å². The highest BCUT2D eigenvalue weighted by molar-refractivity contribution is 14.1. The molecular formula is C12H13IO. The molecule has 0 amide bonds. The van der Waals surface area contributed by atoms with Gasteiger partial charge in [0.15, 0.2) is 6.10 Å². The first kappa shape index (κ1) is 11.4. The summed E-state index contributed by atoms with van der Waals surface area (Å²) in [6.07, 6.45) is 5.25. The summed E-state index contributed by atoms with van der Waals surface area (Å²) < 4.78 is 6.80. The van der Waals surface area contributed by atoms with Crippen molar-refractivity contribution in [1.29, 1.82) is 0 Å². The number of hydrogen-bond acceptors (Lipinski definition) is 1. The van der Waals surface area contributed by atoms with Crippen LogP contribution < -0.4 is 4.74 Å². The standard InChI is InChI=1S/C12H13IO/c1-4-11(9(2)3)14-12-8-6-5-7-10(12)13/h1,5-9,11H,2-3H3. The van der Waals surface area contributed by atoms with E-state index in [-0.39, 0.29) is 6.10 Å². The molecule has 0 aliphatic rings. The van der Waals surface area contributed by atoms with Crippen LogP contribution in [0.15, 0.2) is 24.3 Å². The van der Waals surface area contributed by atoms with Gasteiger partial charge in [0, 0.05) is 5.92 Å². The number of terminal acetylenes is 1. The third kappa shape index (κ3) is 2.91. The van der Waals surface area contributed by atoms with Crippen LogP contribution >= 0.6 is 22.6 Å². The maximum absolute atomic E-state index is 5.71. The molecular weight excluding hydrogens is 287 g/mol. The average molecular weight is 300 g/mol. The summed E-state index contributed by atoms with van der Waals surface area (Å²) in [6, 6.07) is 7.87. The molecule has 0 N–H and O–H groups in total. The SMILES string of the molecule is C#CC(Oc1ccccc1I)C(C)C. The van der Waals surface area contributed by atoms with Gasteiger partial charge in [-0.05, 0) is 34.7 Å². The molecule has 1 atom stereocenters. The molecule has 0 radical (unpaired) electrons. The third-order valence-corrected chi connectivity index (χ3v) is 2.75. The van der Waals surface area contributed by atoms with E-state index < -0.39 is 0 Å². The third-order valence-electron chi connectivity index (χ3n) is 1.86. The molecule has 74 valence electrons. The van der Waals surface area contributed by atoms with Crippen LogP contribution in [-0.2, 0) is 0 Å². The fourth-order valence-electron chi connectivity index (χ4n) is 1.04. The highest BCUT2D eigenvalue weighted by atomic mass is 127. The molecule has 0 fully saturated rings. The Kier molecular flexibility index (Phi) is 4.27. The van der Waals surface area contributed by atoms with Gasteiger partial charge in [0.25, 0.3) is 0 Å². The quantitative estimate of drug-likeness (QED) is 0.614. The van der Waals surface area contributed by atoms with Gasteiger partial charge in [-0.1, -0.05) is 31.9 Å². The Morgan fingerprint density at radius 3 is 2.50 bits per heavy atom. The Balaban J connectivity index is 2.78. The van der Waals surface area contributed by atoms with Crippen LogP contribution in [0.25, 0.3) is 0 Å². The zero-order chi connectivity index (χ0) is 10.6. The maximum atomic E-state index is 5.71. The topological polar surface area (TPSA) is 9.23 Å². The molecule has 14 heavy (non-hydrogen) atoms. The van der Waals surface area contributed by atoms with Crippen molar-refractivity contribution in [2.24, 2.45) is 5.92 Å². The number of rotatable bonds is 3. The number of para-hydroxylation sites is 1. The first-order valence-electron chi connectivity index (χ1n) is 4.52. The molecule has 0 heterocycles. The Morgan fingerprint density at radius 2 is 2.00 bits per heavy atom. The molecule has 0 bridgehead atoms. The van der Waals surface area contributed by atoms with Gasteiger partial charge in [-0.3, -0.25) is 0 Å². The molecule has 0 aliphatic carbocycles. The summed E-state index contributed by atoms with van der Waals surface area (Å²) in [5.41, 5.74) is 0. The highest BCUT2D eigenvalue weighted by Crippen LogP contribution is 2.22. The van der Waals surface area contributed by atoms with Gasteiger partial charge in [0.1, 0.15) is 5.75 Å². The van der Waals surface area contributed by atoms with Gasteiger partial charge in [-0.2, -0.15) is 0 Å². The summed E-state index contributed by atoms with van der Waals surface area (Å²) in [7, 11) is 0. The molecule has 1 aromatic rings. The zero-order valence-corrected chi connectivity index (χ0v) is 10.5. The largest absolute Gasteiger partial charge is 0.476 e. The lowest BCUT2D eigenvalue weighted by Gasteiger charge is -2.17. The predicted octanol–water partition coefficient (Wildman–Crippen LogP) is 3.33. The van der Waals surface area contributed by atoms with E-state index in [1.807, 2.05) is 24.3 Å². The first-order chi connectivity index (χ1) is 6.65. The van der Waals surface area contributed by atoms with Crippen LogP contribution in [-0.4, -0.2) is 6.10 Å². The summed E-state index contributed by atoms with van der Waals surface area (Å²) >= 11 is 2.24. The first-order valence-corrected chi connectivity index (χ1v) is 5.60. The number of ether oxygens (including phenoxy) is 1. The molecule has 2 heteroatoms. The number of benzene rings is 1. The van der Waals surface area contributed by atoms with Crippen LogP contribution in [0.2, 0.25) is 0 Å². The van der Waals surface area contributed by atoms with E-state index in [1.165, 1.54) is 0 Å². The summed E-state index contributed by atoms with van der Waals surface area (Å²) in [5.74, 6) is 3.85. The Morgan fingerprint density at radius 1 is 1.36 bits per heavy atom. The van der Waals surface area contributed by atoms with Crippen LogP contribution in [0.5, 0.6) is 5.75 Å². The highest BCUT2D eigenvalue weighted by Gasteiger charge is 2.12. The van der Waals surface area contributed by atoms with Crippen LogP contribution in [0.4, 0.5) is 0 Å². The molecule has 1 unspecified atom stereocenters. The smallest absolute Gasteiger partial charge is 0.161 e. The van der Waals surface area contributed by atoms with E-state index in [9.17, 15) is 0 Å². The second kappa shape index (κ2) is 5.26. The number of hydrogen-bond donors (Lipinski definition) is 0. The van der Waals surface area contributed by atoms with Crippen molar-refractivity contribution in [3.8, 4) is 18.1 Å². The molecule has 0 saturated heterocycles. The molecule has 1 nitrogen and oxygen atoms in total. The average Bonchev–Trinajstić information content (AvgIpc) is 2.16. The Hall–Kier alpha value is -0.690. The molecule has 0 saturated carbocycles. The predicted molar refractivity (Wildman–Crippen MR) is 67.2 cm³/mol. The zero-order valence-electron chi connectivity index (χ0n) is 8.33. The van der Waals surface area contributed by atoms with Crippen molar-refractivity contribution in [2.75, 3.05) is 0 Å². The monoisotopic (exact) mass is 300 g/mol.